The molecule has 3 rings (SSSR count). The minimum absolute atomic E-state index is 0.156. The Hall–Kier alpha value is -2.89. The minimum atomic E-state index is -1.66. The summed E-state index contributed by atoms with van der Waals surface area (Å²) in [4.78, 5) is 31.8. The smallest absolute Gasteiger partial charge is 0.282 e. The average Bonchev–Trinajstić information content (AvgIpc) is 2.63. The van der Waals surface area contributed by atoms with Gasteiger partial charge in [-0.15, -0.1) is 0 Å². The van der Waals surface area contributed by atoms with Crippen molar-refractivity contribution < 1.29 is 14.3 Å². The van der Waals surface area contributed by atoms with Gasteiger partial charge in [0.25, 0.3) is 17.4 Å². The molecule has 1 aliphatic rings. The summed E-state index contributed by atoms with van der Waals surface area (Å²) in [5, 5.41) is 2.79. The van der Waals surface area contributed by atoms with Crippen LogP contribution in [0.1, 0.15) is 33.3 Å². The summed E-state index contributed by atoms with van der Waals surface area (Å²) in [5.41, 5.74) is 0.132. The zero-order valence-corrected chi connectivity index (χ0v) is 15.4. The Labute approximate surface area is 153 Å². The number of anilines is 2. The van der Waals surface area contributed by atoms with Crippen LogP contribution in [0.4, 0.5) is 11.5 Å². The Kier molecular flexibility index (Phi) is 4.68. The molecule has 0 saturated carbocycles. The first-order valence-corrected chi connectivity index (χ1v) is 8.75. The van der Waals surface area contributed by atoms with Gasteiger partial charge in [0.1, 0.15) is 0 Å². The van der Waals surface area contributed by atoms with E-state index in [2.05, 4.69) is 17.2 Å². The number of fused-ring (bicyclic) bond motifs is 1. The molecule has 0 aliphatic carbocycles. The van der Waals surface area contributed by atoms with E-state index in [1.165, 1.54) is 17.4 Å². The lowest BCUT2D eigenvalue weighted by Gasteiger charge is -2.40. The number of nitrogens with one attached hydrogen (secondary N) is 1. The fourth-order valence-corrected chi connectivity index (χ4v) is 2.93. The van der Waals surface area contributed by atoms with Gasteiger partial charge in [0.05, 0.1) is 0 Å². The van der Waals surface area contributed by atoms with Crippen molar-refractivity contribution in [3.63, 3.8) is 0 Å². The summed E-state index contributed by atoms with van der Waals surface area (Å²) in [7, 11) is 0. The molecule has 1 aromatic carbocycles. The molecule has 2 aromatic rings. The molecule has 1 unspecified atom stereocenters. The molecule has 1 N–H and O–H groups in total. The number of ether oxygens (including phenoxy) is 1. The molecule has 0 fully saturated rings. The molecule has 136 valence electrons. The highest BCUT2D eigenvalue weighted by molar-refractivity contribution is 6.19. The van der Waals surface area contributed by atoms with Gasteiger partial charge in [0, 0.05) is 17.9 Å². The van der Waals surface area contributed by atoms with Gasteiger partial charge in [-0.05, 0) is 57.0 Å². The standard InChI is InChI=1S/C20H23N3O3/c1-5-14-8-10-15(11-9-14)22-18(24)20(4)19(25)23(13(2)3)17-16(26-20)7-6-12-21-17/h6-13H,5H2,1-4H3,(H,22,24). The van der Waals surface area contributed by atoms with Gasteiger partial charge < -0.3 is 10.1 Å². The van der Waals surface area contributed by atoms with Crippen LogP contribution in [0, 0.1) is 0 Å². The van der Waals surface area contributed by atoms with Crippen LogP contribution < -0.4 is 15.0 Å². The van der Waals surface area contributed by atoms with Crippen LogP contribution in [0.5, 0.6) is 5.75 Å². The molecule has 2 amide bonds. The first kappa shape index (κ1) is 17.9. The normalized spacial score (nSPS) is 19.1. The quantitative estimate of drug-likeness (QED) is 0.857. The molecule has 0 radical (unpaired) electrons. The van der Waals surface area contributed by atoms with Crippen molar-refractivity contribution in [2.24, 2.45) is 0 Å². The van der Waals surface area contributed by atoms with E-state index >= 15 is 0 Å². The zero-order chi connectivity index (χ0) is 18.9. The first-order valence-electron chi connectivity index (χ1n) is 8.75. The van der Waals surface area contributed by atoms with Crippen molar-refractivity contribution in [3.05, 3.63) is 48.2 Å². The number of amides is 2. The number of pyridine rings is 1. The van der Waals surface area contributed by atoms with Crippen LogP contribution in [-0.4, -0.2) is 28.4 Å². The van der Waals surface area contributed by atoms with E-state index in [0.29, 0.717) is 17.3 Å². The minimum Gasteiger partial charge on any atom is -0.464 e. The van der Waals surface area contributed by atoms with Crippen LogP contribution in [0.15, 0.2) is 42.6 Å². The second-order valence-corrected chi connectivity index (χ2v) is 6.73. The van der Waals surface area contributed by atoms with Crippen molar-refractivity contribution in [3.8, 4) is 5.75 Å². The van der Waals surface area contributed by atoms with Gasteiger partial charge in [0.15, 0.2) is 11.6 Å². The molecule has 6 nitrogen and oxygen atoms in total. The van der Waals surface area contributed by atoms with Crippen LogP contribution in [-0.2, 0) is 16.0 Å². The van der Waals surface area contributed by atoms with E-state index in [0.717, 1.165) is 6.42 Å². The maximum absolute atomic E-state index is 13.1. The van der Waals surface area contributed by atoms with E-state index < -0.39 is 17.4 Å². The SMILES string of the molecule is CCc1ccc(NC(=O)C2(C)Oc3cccnc3N(C(C)C)C2=O)cc1. The Morgan fingerprint density at radius 2 is 1.96 bits per heavy atom. The fourth-order valence-electron chi connectivity index (χ4n) is 2.93. The molecule has 26 heavy (non-hydrogen) atoms. The lowest BCUT2D eigenvalue weighted by molar-refractivity contribution is -0.145. The Bertz CT molecular complexity index is 832. The molecule has 1 aromatic heterocycles. The lowest BCUT2D eigenvalue weighted by Crippen LogP contribution is -2.62. The van der Waals surface area contributed by atoms with Gasteiger partial charge in [0.2, 0.25) is 0 Å². The summed E-state index contributed by atoms with van der Waals surface area (Å²) in [6, 6.07) is 10.8. The molecular formula is C20H23N3O3. The van der Waals surface area contributed by atoms with E-state index in [4.69, 9.17) is 4.74 Å². The predicted octanol–water partition coefficient (Wildman–Crippen LogP) is 3.18. The summed E-state index contributed by atoms with van der Waals surface area (Å²) in [5.74, 6) is -0.0851. The van der Waals surface area contributed by atoms with Gasteiger partial charge in [-0.25, -0.2) is 4.98 Å². The number of carbonyl (C=O) groups is 2. The number of carbonyl (C=O) groups excluding carboxylic acids is 2. The van der Waals surface area contributed by atoms with E-state index in [1.54, 1.807) is 18.3 Å². The van der Waals surface area contributed by atoms with Crippen LogP contribution in [0.2, 0.25) is 0 Å². The van der Waals surface area contributed by atoms with E-state index in [1.807, 2.05) is 38.1 Å². The Morgan fingerprint density at radius 1 is 1.27 bits per heavy atom. The topological polar surface area (TPSA) is 71.5 Å². The highest BCUT2D eigenvalue weighted by Crippen LogP contribution is 2.37. The van der Waals surface area contributed by atoms with Crippen LogP contribution in [0.25, 0.3) is 0 Å². The van der Waals surface area contributed by atoms with Crippen molar-refractivity contribution in [2.75, 3.05) is 10.2 Å². The number of aryl methyl sites for hydroxylation is 1. The van der Waals surface area contributed by atoms with Crippen LogP contribution in [0.3, 0.4) is 0 Å². The number of hydrogen-bond donors (Lipinski definition) is 1. The van der Waals surface area contributed by atoms with Gasteiger partial charge >= 0.3 is 0 Å². The van der Waals surface area contributed by atoms with Gasteiger partial charge in [-0.3, -0.25) is 14.5 Å². The molecule has 1 aliphatic heterocycles. The Balaban J connectivity index is 1.92. The fraction of sp³-hybridized carbons (Fsp3) is 0.350. The molecule has 1 atom stereocenters. The van der Waals surface area contributed by atoms with Crippen molar-refractivity contribution in [2.45, 2.75) is 45.8 Å². The second-order valence-electron chi connectivity index (χ2n) is 6.73. The third-order valence-electron chi connectivity index (χ3n) is 4.49. The molecule has 0 bridgehead atoms. The van der Waals surface area contributed by atoms with Gasteiger partial charge in [-0.1, -0.05) is 19.1 Å². The Morgan fingerprint density at radius 3 is 2.58 bits per heavy atom. The van der Waals surface area contributed by atoms with Crippen LogP contribution >= 0.6 is 0 Å². The third-order valence-corrected chi connectivity index (χ3v) is 4.49. The zero-order valence-electron chi connectivity index (χ0n) is 15.4. The molecule has 0 saturated heterocycles. The maximum Gasteiger partial charge on any atom is 0.282 e. The van der Waals surface area contributed by atoms with E-state index in [9.17, 15) is 9.59 Å². The number of hydrogen-bond acceptors (Lipinski definition) is 4. The second kappa shape index (κ2) is 6.78. The number of benzene rings is 1. The van der Waals surface area contributed by atoms with Gasteiger partial charge in [-0.2, -0.15) is 0 Å². The average molecular weight is 353 g/mol. The van der Waals surface area contributed by atoms with Crippen molar-refractivity contribution in [1.82, 2.24) is 4.98 Å². The molecule has 0 spiro atoms. The number of rotatable bonds is 4. The summed E-state index contributed by atoms with van der Waals surface area (Å²) >= 11 is 0. The monoisotopic (exact) mass is 353 g/mol. The molecule has 6 heteroatoms. The maximum atomic E-state index is 13.1. The third kappa shape index (κ3) is 3.03. The largest absolute Gasteiger partial charge is 0.464 e. The number of nitrogens with zero attached hydrogens (tertiary/aromatic N) is 2. The summed E-state index contributed by atoms with van der Waals surface area (Å²) < 4.78 is 5.83. The van der Waals surface area contributed by atoms with E-state index in [-0.39, 0.29) is 6.04 Å². The molecule has 2 heterocycles. The highest BCUT2D eigenvalue weighted by atomic mass is 16.5. The summed E-state index contributed by atoms with van der Waals surface area (Å²) in [6.07, 6.45) is 2.52. The predicted molar refractivity (Wildman–Crippen MR) is 100 cm³/mol. The molecular weight excluding hydrogens is 330 g/mol. The first-order chi connectivity index (χ1) is 12.4. The van der Waals surface area contributed by atoms with Crippen molar-refractivity contribution >= 4 is 23.3 Å². The highest BCUT2D eigenvalue weighted by Gasteiger charge is 2.51. The van der Waals surface area contributed by atoms with Crippen molar-refractivity contribution in [1.29, 1.82) is 0 Å². The lowest BCUT2D eigenvalue weighted by atomic mass is 9.99. The summed E-state index contributed by atoms with van der Waals surface area (Å²) in [6.45, 7) is 7.32. The number of aromatic nitrogens is 1.